The number of halogens is 1. The first-order valence-corrected chi connectivity index (χ1v) is 11.7. The number of nitrogens with zero attached hydrogens (tertiary/aromatic N) is 1. The van der Waals surface area contributed by atoms with Crippen molar-refractivity contribution >= 4 is 45.2 Å². The largest absolute Gasteiger partial charge is 1.00 e. The Hall–Kier alpha value is -1.01. The molecule has 2 unspecified atom stereocenters. The van der Waals surface area contributed by atoms with Crippen LogP contribution in [0.5, 0.6) is 0 Å². The predicted octanol–water partition coefficient (Wildman–Crippen LogP) is 0.903. The van der Waals surface area contributed by atoms with Gasteiger partial charge in [0.05, 0.1) is 12.5 Å². The monoisotopic (exact) mass is 493 g/mol. The van der Waals surface area contributed by atoms with Crippen LogP contribution < -0.4 is 34.3 Å². The summed E-state index contributed by atoms with van der Waals surface area (Å²) in [5.41, 5.74) is 11.4. The van der Waals surface area contributed by atoms with Gasteiger partial charge in [-0.15, -0.1) is 11.8 Å². The molecule has 12 heteroatoms. The molecule has 162 valence electrons. The molecule has 31 heavy (non-hydrogen) atoms. The Balaban J connectivity index is 0.00000341. The number of aryl methyl sites for hydroxylation is 3. The molecule has 3 rings (SSSR count). The fourth-order valence-corrected chi connectivity index (χ4v) is 7.39. The van der Waals surface area contributed by atoms with E-state index in [-0.39, 0.29) is 47.1 Å². The second kappa shape index (κ2) is 9.46. The summed E-state index contributed by atoms with van der Waals surface area (Å²) in [7, 11) is -4.27. The Morgan fingerprint density at radius 2 is 2.00 bits per heavy atom. The third-order valence-electron chi connectivity index (χ3n) is 5.27. The summed E-state index contributed by atoms with van der Waals surface area (Å²) in [4.78, 5) is 12.7. The normalized spacial score (nSPS) is 20.5. The zero-order valence-electron chi connectivity index (χ0n) is 17.7. The fraction of sp³-hybridized carbons (Fsp3) is 0.368. The molecule has 0 saturated carbocycles. The van der Waals surface area contributed by atoms with Crippen LogP contribution in [0.3, 0.4) is 0 Å². The molecule has 0 radical (unpaired) electrons. The first-order chi connectivity index (χ1) is 14.0. The molecule has 1 amide bonds. The van der Waals surface area contributed by atoms with Crippen molar-refractivity contribution in [3.8, 4) is 0 Å². The molecule has 0 spiro atoms. The van der Waals surface area contributed by atoms with Crippen LogP contribution >= 0.6 is 23.4 Å². The maximum absolute atomic E-state index is 13.3. The topological polar surface area (TPSA) is 133 Å². The zero-order chi connectivity index (χ0) is 22.4. The summed E-state index contributed by atoms with van der Waals surface area (Å²) >= 11 is 7.00. The molecule has 1 aromatic carbocycles. The van der Waals surface area contributed by atoms with Crippen molar-refractivity contribution in [3.63, 3.8) is 0 Å². The molecule has 0 aliphatic carbocycles. The van der Waals surface area contributed by atoms with Crippen LogP contribution in [0.25, 0.3) is 5.73 Å². The van der Waals surface area contributed by atoms with Gasteiger partial charge in [-0.05, 0) is 60.9 Å². The van der Waals surface area contributed by atoms with Gasteiger partial charge in [0.25, 0.3) is 5.88 Å². The number of carbonyl (C=O) groups excluding carboxylic acids is 1. The molecule has 3 N–H and O–H groups in total. The van der Waals surface area contributed by atoms with E-state index in [2.05, 4.69) is 9.88 Å². The molecule has 8 nitrogen and oxygen atoms in total. The standard InChI is InChI=1S/C19H22ClN3O5S2.Na/c1-9-7-10(2)15(11(3)13(9)8-24)19(18(21)25)14(5-6-29-19)30(26,27)23-17-16(20)12(4)22-28-17;/h5-7,14,24H,8H2,1-4H3,(H3,21,22,23,25);/q;+1/p-1. The minimum Gasteiger partial charge on any atom is -0.666 e. The molecule has 1 aliphatic heterocycles. The second-order valence-electron chi connectivity index (χ2n) is 7.14. The van der Waals surface area contributed by atoms with Crippen molar-refractivity contribution in [1.29, 1.82) is 0 Å². The van der Waals surface area contributed by atoms with Crippen LogP contribution in [0, 0.1) is 27.7 Å². The maximum atomic E-state index is 13.3. The Kier molecular flexibility index (Phi) is 8.01. The number of aliphatic hydroxyl groups is 1. The van der Waals surface area contributed by atoms with E-state index in [1.54, 1.807) is 26.8 Å². The average Bonchev–Trinajstić information content (AvgIpc) is 3.22. The number of carbonyl (C=O) groups is 1. The predicted molar refractivity (Wildman–Crippen MR) is 117 cm³/mol. The Morgan fingerprint density at radius 3 is 2.52 bits per heavy atom. The first kappa shape index (κ1) is 26.2. The molecular formula is C19H21ClN3NaO5S2. The molecular weight excluding hydrogens is 473 g/mol. The van der Waals surface area contributed by atoms with E-state index in [0.717, 1.165) is 17.3 Å². The maximum Gasteiger partial charge on any atom is 1.00 e. The number of hydrogen-bond donors (Lipinski definition) is 2. The number of benzene rings is 1. The summed E-state index contributed by atoms with van der Waals surface area (Å²) < 4.78 is 32.1. The van der Waals surface area contributed by atoms with Crippen LogP contribution in [-0.4, -0.2) is 29.8 Å². The van der Waals surface area contributed by atoms with Crippen LogP contribution in [0.15, 0.2) is 22.1 Å². The van der Waals surface area contributed by atoms with E-state index >= 15 is 0 Å². The first-order valence-electron chi connectivity index (χ1n) is 8.92. The summed E-state index contributed by atoms with van der Waals surface area (Å²) in [6.45, 7) is 6.59. The molecule has 1 aliphatic rings. The van der Waals surface area contributed by atoms with Crippen molar-refractivity contribution < 1.29 is 52.4 Å². The number of thioether (sulfide) groups is 1. The number of amides is 1. The molecule has 0 bridgehead atoms. The smallest absolute Gasteiger partial charge is 0.666 e. The quantitative estimate of drug-likeness (QED) is 0.571. The third-order valence-corrected chi connectivity index (χ3v) is 8.82. The van der Waals surface area contributed by atoms with Crippen LogP contribution in [0.2, 0.25) is 5.02 Å². The van der Waals surface area contributed by atoms with Gasteiger partial charge in [0.15, 0.2) is 0 Å². The minimum absolute atomic E-state index is 0. The number of sulfonamides is 1. The minimum atomic E-state index is -4.27. The summed E-state index contributed by atoms with van der Waals surface area (Å²) in [6.07, 6.45) is 1.37. The summed E-state index contributed by atoms with van der Waals surface area (Å²) in [5, 5.41) is 13.5. The van der Waals surface area contributed by atoms with Gasteiger partial charge in [0.2, 0.25) is 10.0 Å². The van der Waals surface area contributed by atoms with Crippen molar-refractivity contribution in [2.75, 3.05) is 4.72 Å². The van der Waals surface area contributed by atoms with Crippen LogP contribution in [0.4, 0.5) is 5.88 Å². The Morgan fingerprint density at radius 1 is 1.35 bits per heavy atom. The van der Waals surface area contributed by atoms with Crippen molar-refractivity contribution in [1.82, 2.24) is 5.16 Å². The van der Waals surface area contributed by atoms with Crippen LogP contribution in [0.1, 0.15) is 33.5 Å². The Bertz CT molecular complexity index is 1170. The number of aromatic nitrogens is 1. The number of hydrogen-bond acceptors (Lipinski definition) is 7. The van der Waals surface area contributed by atoms with E-state index in [1.165, 1.54) is 11.5 Å². The van der Waals surface area contributed by atoms with Crippen molar-refractivity contribution in [3.05, 3.63) is 61.8 Å². The number of rotatable bonds is 6. The number of anilines is 1. The van der Waals surface area contributed by atoms with E-state index in [0.29, 0.717) is 27.9 Å². The van der Waals surface area contributed by atoms with E-state index in [9.17, 15) is 18.3 Å². The van der Waals surface area contributed by atoms with Crippen molar-refractivity contribution in [2.45, 2.75) is 44.3 Å². The van der Waals surface area contributed by atoms with Gasteiger partial charge in [-0.1, -0.05) is 28.9 Å². The second-order valence-corrected chi connectivity index (χ2v) is 10.5. The average molecular weight is 494 g/mol. The van der Waals surface area contributed by atoms with Crippen LogP contribution in [-0.2, 0) is 26.2 Å². The van der Waals surface area contributed by atoms with Gasteiger partial charge >= 0.3 is 29.6 Å². The molecule has 0 saturated heterocycles. The van der Waals surface area contributed by atoms with Gasteiger partial charge in [0.1, 0.15) is 20.7 Å². The van der Waals surface area contributed by atoms with Gasteiger partial charge in [0, 0.05) is 0 Å². The molecule has 2 aromatic rings. The fourth-order valence-electron chi connectivity index (χ4n) is 3.90. The number of nitrogens with one attached hydrogen (secondary N) is 2. The van der Waals surface area contributed by atoms with Gasteiger partial charge in [-0.2, -0.15) is 0 Å². The van der Waals surface area contributed by atoms with E-state index < -0.39 is 25.9 Å². The zero-order valence-corrected chi connectivity index (χ0v) is 22.1. The molecule has 2 atom stereocenters. The number of aliphatic hydroxyl groups excluding tert-OH is 1. The third kappa shape index (κ3) is 4.31. The molecule has 0 fully saturated rings. The SMILES string of the molecule is Cc1cc(C)c(C2(C([NH-])=O)SC=CC2S(=O)(=O)Nc2onc(C)c2Cl)c(C)c1CO.[Na+]. The van der Waals surface area contributed by atoms with E-state index in [4.69, 9.17) is 21.9 Å². The summed E-state index contributed by atoms with van der Waals surface area (Å²) in [6, 6.07) is 1.78. The van der Waals surface area contributed by atoms with Gasteiger partial charge in [-0.3, -0.25) is 0 Å². The molecule has 1 aromatic heterocycles. The van der Waals surface area contributed by atoms with Gasteiger partial charge < -0.3 is 20.2 Å². The summed E-state index contributed by atoms with van der Waals surface area (Å²) in [5.74, 6) is -1.31. The van der Waals surface area contributed by atoms with Crippen molar-refractivity contribution in [2.24, 2.45) is 0 Å². The Labute approximate surface area is 212 Å². The van der Waals surface area contributed by atoms with Gasteiger partial charge in [-0.25, -0.2) is 13.1 Å². The van der Waals surface area contributed by atoms with E-state index in [1.807, 2.05) is 6.92 Å². The molecule has 2 heterocycles.